The molecule has 2 rings (SSSR count). The molecule has 0 fully saturated rings. The minimum Gasteiger partial charge on any atom is -0.350 e. The Balaban J connectivity index is 1.99. The van der Waals surface area contributed by atoms with E-state index in [0.29, 0.717) is 12.2 Å². The first-order valence-electron chi connectivity index (χ1n) is 6.18. The number of nitrogens with zero attached hydrogens (tertiary/aromatic N) is 3. The maximum absolute atomic E-state index is 11.8. The van der Waals surface area contributed by atoms with E-state index < -0.39 is 0 Å². The van der Waals surface area contributed by atoms with E-state index in [2.05, 4.69) is 15.5 Å². The van der Waals surface area contributed by atoms with Crippen molar-refractivity contribution in [1.29, 1.82) is 0 Å². The van der Waals surface area contributed by atoms with Crippen molar-refractivity contribution >= 4 is 5.91 Å². The summed E-state index contributed by atoms with van der Waals surface area (Å²) >= 11 is 0. The Kier molecular flexibility index (Phi) is 4.44. The SMILES string of the molecule is C/C=C/CCNC(=O)c1cnn(-c2ccccc2)n1. The van der Waals surface area contributed by atoms with E-state index in [4.69, 9.17) is 0 Å². The van der Waals surface area contributed by atoms with Crippen molar-refractivity contribution in [3.8, 4) is 5.69 Å². The van der Waals surface area contributed by atoms with Crippen LogP contribution in [-0.2, 0) is 0 Å². The lowest BCUT2D eigenvalue weighted by atomic mass is 10.3. The summed E-state index contributed by atoms with van der Waals surface area (Å²) in [5, 5.41) is 11.0. The number of para-hydroxylation sites is 1. The molecule has 5 nitrogen and oxygen atoms in total. The molecule has 1 aromatic heterocycles. The minimum atomic E-state index is -0.202. The Morgan fingerprint density at radius 1 is 1.37 bits per heavy atom. The second-order valence-electron chi connectivity index (χ2n) is 3.97. The minimum absolute atomic E-state index is 0.202. The molecule has 0 atom stereocenters. The Morgan fingerprint density at radius 3 is 2.89 bits per heavy atom. The first-order valence-corrected chi connectivity index (χ1v) is 6.18. The molecule has 0 bridgehead atoms. The first-order chi connectivity index (χ1) is 9.31. The molecule has 0 radical (unpaired) electrons. The maximum Gasteiger partial charge on any atom is 0.273 e. The van der Waals surface area contributed by atoms with E-state index in [1.807, 2.05) is 49.4 Å². The summed E-state index contributed by atoms with van der Waals surface area (Å²) < 4.78 is 0. The highest BCUT2D eigenvalue weighted by Gasteiger charge is 2.10. The van der Waals surface area contributed by atoms with Gasteiger partial charge in [-0.3, -0.25) is 4.79 Å². The van der Waals surface area contributed by atoms with Gasteiger partial charge in [0.2, 0.25) is 0 Å². The molecule has 1 amide bonds. The molecular formula is C14H16N4O. The van der Waals surface area contributed by atoms with Gasteiger partial charge in [-0.05, 0) is 25.5 Å². The normalized spacial score (nSPS) is 10.8. The molecule has 98 valence electrons. The van der Waals surface area contributed by atoms with Crippen LogP contribution in [0, 0.1) is 0 Å². The summed E-state index contributed by atoms with van der Waals surface area (Å²) in [4.78, 5) is 13.2. The monoisotopic (exact) mass is 256 g/mol. The van der Waals surface area contributed by atoms with Crippen LogP contribution in [0.3, 0.4) is 0 Å². The fourth-order valence-electron chi connectivity index (χ4n) is 1.58. The Labute approximate surface area is 111 Å². The fourth-order valence-corrected chi connectivity index (χ4v) is 1.58. The molecule has 0 saturated heterocycles. The number of rotatable bonds is 5. The van der Waals surface area contributed by atoms with Gasteiger partial charge in [-0.15, -0.1) is 5.10 Å². The highest BCUT2D eigenvalue weighted by Crippen LogP contribution is 2.04. The van der Waals surface area contributed by atoms with Crippen molar-refractivity contribution in [2.75, 3.05) is 6.54 Å². The molecule has 5 heteroatoms. The predicted octanol–water partition coefficient (Wildman–Crippen LogP) is 1.96. The average Bonchev–Trinajstić information content (AvgIpc) is 2.94. The number of aromatic nitrogens is 3. The standard InChI is InChI=1S/C14H16N4O/c1-2-3-7-10-15-14(19)13-11-16-18(17-13)12-8-5-4-6-9-12/h2-6,8-9,11H,7,10H2,1H3,(H,15,19)/b3-2+. The zero-order chi connectivity index (χ0) is 13.5. The van der Waals surface area contributed by atoms with Crippen LogP contribution >= 0.6 is 0 Å². The molecule has 1 aromatic carbocycles. The molecule has 0 spiro atoms. The van der Waals surface area contributed by atoms with Crippen molar-refractivity contribution in [1.82, 2.24) is 20.3 Å². The average molecular weight is 256 g/mol. The molecule has 0 aliphatic heterocycles. The fraction of sp³-hybridized carbons (Fsp3) is 0.214. The van der Waals surface area contributed by atoms with Gasteiger partial charge in [0.1, 0.15) is 0 Å². The zero-order valence-corrected chi connectivity index (χ0v) is 10.8. The molecule has 0 unspecified atom stereocenters. The molecule has 1 N–H and O–H groups in total. The molecule has 2 aromatic rings. The molecule has 0 aliphatic rings. The molecular weight excluding hydrogens is 240 g/mol. The zero-order valence-electron chi connectivity index (χ0n) is 10.8. The van der Waals surface area contributed by atoms with Gasteiger partial charge in [-0.2, -0.15) is 9.90 Å². The number of carbonyl (C=O) groups excluding carboxylic acids is 1. The Morgan fingerprint density at radius 2 is 2.16 bits per heavy atom. The highest BCUT2D eigenvalue weighted by atomic mass is 16.2. The van der Waals surface area contributed by atoms with Gasteiger partial charge in [-0.1, -0.05) is 30.4 Å². The van der Waals surface area contributed by atoms with Gasteiger partial charge >= 0.3 is 0 Å². The third-order valence-corrected chi connectivity index (χ3v) is 2.54. The largest absolute Gasteiger partial charge is 0.350 e. The quantitative estimate of drug-likeness (QED) is 0.657. The van der Waals surface area contributed by atoms with E-state index in [1.165, 1.54) is 11.0 Å². The van der Waals surface area contributed by atoms with Gasteiger partial charge in [0.25, 0.3) is 5.91 Å². The summed E-state index contributed by atoms with van der Waals surface area (Å²) in [6.45, 7) is 2.55. The summed E-state index contributed by atoms with van der Waals surface area (Å²) in [5.74, 6) is -0.202. The number of amides is 1. The highest BCUT2D eigenvalue weighted by molar-refractivity contribution is 5.91. The summed E-state index contributed by atoms with van der Waals surface area (Å²) in [6, 6.07) is 9.48. The maximum atomic E-state index is 11.8. The number of hydrogen-bond acceptors (Lipinski definition) is 3. The van der Waals surface area contributed by atoms with Gasteiger partial charge in [-0.25, -0.2) is 0 Å². The van der Waals surface area contributed by atoms with E-state index in [1.54, 1.807) is 0 Å². The lowest BCUT2D eigenvalue weighted by molar-refractivity contribution is 0.0949. The van der Waals surface area contributed by atoms with Gasteiger partial charge in [0, 0.05) is 6.54 Å². The van der Waals surface area contributed by atoms with Crippen LogP contribution in [0.4, 0.5) is 0 Å². The van der Waals surface area contributed by atoms with Crippen LogP contribution in [0.2, 0.25) is 0 Å². The number of benzene rings is 1. The Bertz CT molecular complexity index is 560. The van der Waals surface area contributed by atoms with Crippen molar-refractivity contribution in [2.24, 2.45) is 0 Å². The van der Waals surface area contributed by atoms with Crippen LogP contribution in [0.1, 0.15) is 23.8 Å². The number of carbonyl (C=O) groups is 1. The van der Waals surface area contributed by atoms with Gasteiger partial charge in [0.15, 0.2) is 5.69 Å². The lowest BCUT2D eigenvalue weighted by Gasteiger charge is -2.00. The predicted molar refractivity (Wildman–Crippen MR) is 73.1 cm³/mol. The second kappa shape index (κ2) is 6.49. The third kappa shape index (κ3) is 3.51. The van der Waals surface area contributed by atoms with Gasteiger partial charge < -0.3 is 5.32 Å². The van der Waals surface area contributed by atoms with E-state index in [9.17, 15) is 4.79 Å². The molecule has 0 aliphatic carbocycles. The van der Waals surface area contributed by atoms with Crippen molar-refractivity contribution in [3.05, 3.63) is 54.4 Å². The molecule has 19 heavy (non-hydrogen) atoms. The van der Waals surface area contributed by atoms with Crippen LogP contribution in [0.5, 0.6) is 0 Å². The topological polar surface area (TPSA) is 59.8 Å². The second-order valence-corrected chi connectivity index (χ2v) is 3.97. The molecule has 1 heterocycles. The van der Waals surface area contributed by atoms with Crippen molar-refractivity contribution < 1.29 is 4.79 Å². The first kappa shape index (κ1) is 13.0. The van der Waals surface area contributed by atoms with Crippen LogP contribution in [0.15, 0.2) is 48.7 Å². The van der Waals surface area contributed by atoms with Crippen molar-refractivity contribution in [3.63, 3.8) is 0 Å². The smallest absolute Gasteiger partial charge is 0.273 e. The lowest BCUT2D eigenvalue weighted by Crippen LogP contribution is -2.24. The van der Waals surface area contributed by atoms with Crippen molar-refractivity contribution in [2.45, 2.75) is 13.3 Å². The summed E-state index contributed by atoms with van der Waals surface area (Å²) in [7, 11) is 0. The van der Waals surface area contributed by atoms with E-state index in [-0.39, 0.29) is 5.91 Å². The van der Waals surface area contributed by atoms with E-state index >= 15 is 0 Å². The summed E-state index contributed by atoms with van der Waals surface area (Å²) in [5.41, 5.74) is 1.15. The number of hydrogen-bond donors (Lipinski definition) is 1. The third-order valence-electron chi connectivity index (χ3n) is 2.54. The van der Waals surface area contributed by atoms with Crippen LogP contribution in [0.25, 0.3) is 5.69 Å². The van der Waals surface area contributed by atoms with Crippen LogP contribution < -0.4 is 5.32 Å². The molecule has 0 saturated carbocycles. The van der Waals surface area contributed by atoms with E-state index in [0.717, 1.165) is 12.1 Å². The summed E-state index contributed by atoms with van der Waals surface area (Å²) in [6.07, 6.45) is 6.24. The van der Waals surface area contributed by atoms with Crippen LogP contribution in [-0.4, -0.2) is 27.4 Å². The Hall–Kier alpha value is -2.43. The van der Waals surface area contributed by atoms with Gasteiger partial charge in [0.05, 0.1) is 11.9 Å². The number of nitrogens with one attached hydrogen (secondary N) is 1. The number of allylic oxidation sites excluding steroid dienone is 1.